The maximum Gasteiger partial charge on any atom is 0.325 e. The summed E-state index contributed by atoms with van der Waals surface area (Å²) >= 11 is 0. The van der Waals surface area contributed by atoms with Gasteiger partial charge in [-0.2, -0.15) is 0 Å². The Morgan fingerprint density at radius 2 is 1.95 bits per heavy atom. The van der Waals surface area contributed by atoms with E-state index in [0.29, 0.717) is 6.04 Å². The molecule has 0 amide bonds. The van der Waals surface area contributed by atoms with Crippen LogP contribution in [0, 0.1) is 5.92 Å². The highest BCUT2D eigenvalue weighted by Gasteiger charge is 2.41. The normalized spacial score (nSPS) is 25.6. The van der Waals surface area contributed by atoms with Crippen molar-refractivity contribution in [1.29, 1.82) is 0 Å². The highest BCUT2D eigenvalue weighted by molar-refractivity contribution is 5.80. The van der Waals surface area contributed by atoms with E-state index in [4.69, 9.17) is 4.74 Å². The van der Waals surface area contributed by atoms with E-state index in [1.807, 2.05) is 6.92 Å². The molecule has 0 aromatic rings. The van der Waals surface area contributed by atoms with Gasteiger partial charge in [-0.1, -0.05) is 0 Å². The first-order valence-corrected chi connectivity index (χ1v) is 8.21. The van der Waals surface area contributed by atoms with Crippen molar-refractivity contribution in [3.05, 3.63) is 0 Å². The number of nitrogens with one attached hydrogen (secondary N) is 1. The quantitative estimate of drug-likeness (QED) is 0.655. The minimum absolute atomic E-state index is 0.105. The fourth-order valence-corrected chi connectivity index (χ4v) is 3.00. The van der Waals surface area contributed by atoms with Crippen LogP contribution in [-0.4, -0.2) is 48.7 Å². The summed E-state index contributed by atoms with van der Waals surface area (Å²) in [6.07, 6.45) is 8.74. The summed E-state index contributed by atoms with van der Waals surface area (Å²) in [7, 11) is 1.50. The van der Waals surface area contributed by atoms with Crippen LogP contribution in [-0.2, 0) is 9.53 Å². The van der Waals surface area contributed by atoms with Crippen molar-refractivity contribution in [1.82, 2.24) is 10.2 Å². The number of rotatable bonds is 9. The molecular formula is C16H28N2O2. The fourth-order valence-electron chi connectivity index (χ4n) is 3.00. The smallest absolute Gasteiger partial charge is 0.325 e. The molecule has 1 unspecified atom stereocenters. The molecule has 3 fully saturated rings. The van der Waals surface area contributed by atoms with Crippen molar-refractivity contribution in [3.8, 4) is 0 Å². The molecule has 0 heterocycles. The van der Waals surface area contributed by atoms with Crippen molar-refractivity contribution in [2.75, 3.05) is 20.2 Å². The molecule has 4 nitrogen and oxygen atoms in total. The standard InChI is InChI=1S/C16H28N2O2/c1-16(15(19)20-2,17-13-5-6-13)9-10-18(14-7-8-14)11-12-3-4-12/h12-14,17H,3-11H2,1-2H3. The summed E-state index contributed by atoms with van der Waals surface area (Å²) in [5.41, 5.74) is -0.507. The first-order chi connectivity index (χ1) is 9.60. The molecule has 4 heteroatoms. The van der Waals surface area contributed by atoms with Crippen LogP contribution in [0.1, 0.15) is 51.9 Å². The summed E-state index contributed by atoms with van der Waals surface area (Å²) in [6.45, 7) is 4.27. The van der Waals surface area contributed by atoms with Gasteiger partial charge in [0, 0.05) is 25.2 Å². The molecule has 3 aliphatic carbocycles. The first kappa shape index (κ1) is 14.3. The first-order valence-electron chi connectivity index (χ1n) is 8.21. The highest BCUT2D eigenvalue weighted by Crippen LogP contribution is 2.35. The predicted octanol–water partition coefficient (Wildman–Crippen LogP) is 1.93. The Balaban J connectivity index is 1.54. The van der Waals surface area contributed by atoms with Gasteiger partial charge in [-0.05, 0) is 57.8 Å². The average Bonchev–Trinajstić information content (AvgIpc) is 3.27. The van der Waals surface area contributed by atoms with Gasteiger partial charge in [0.25, 0.3) is 0 Å². The minimum Gasteiger partial charge on any atom is -0.468 e. The lowest BCUT2D eigenvalue weighted by molar-refractivity contribution is -0.148. The molecular weight excluding hydrogens is 252 g/mol. The van der Waals surface area contributed by atoms with E-state index in [2.05, 4.69) is 10.2 Å². The Morgan fingerprint density at radius 1 is 1.25 bits per heavy atom. The molecule has 3 aliphatic rings. The van der Waals surface area contributed by atoms with E-state index in [1.165, 1.54) is 52.2 Å². The molecule has 1 N–H and O–H groups in total. The second-order valence-electron chi connectivity index (χ2n) is 7.16. The molecule has 0 aliphatic heterocycles. The van der Waals surface area contributed by atoms with Crippen LogP contribution in [0.3, 0.4) is 0 Å². The number of carbonyl (C=O) groups excluding carboxylic acids is 1. The van der Waals surface area contributed by atoms with E-state index in [1.54, 1.807) is 0 Å². The third kappa shape index (κ3) is 3.73. The number of hydrogen-bond donors (Lipinski definition) is 1. The third-order valence-electron chi connectivity index (χ3n) is 4.89. The van der Waals surface area contributed by atoms with E-state index >= 15 is 0 Å². The van der Waals surface area contributed by atoms with Crippen LogP contribution in [0.4, 0.5) is 0 Å². The molecule has 114 valence electrons. The van der Waals surface area contributed by atoms with Crippen LogP contribution in [0.2, 0.25) is 0 Å². The van der Waals surface area contributed by atoms with Crippen LogP contribution in [0.15, 0.2) is 0 Å². The maximum atomic E-state index is 12.1. The molecule has 0 bridgehead atoms. The zero-order valence-electron chi connectivity index (χ0n) is 12.9. The lowest BCUT2D eigenvalue weighted by atomic mass is 9.97. The van der Waals surface area contributed by atoms with Gasteiger partial charge in [0.15, 0.2) is 0 Å². The van der Waals surface area contributed by atoms with Gasteiger partial charge in [0.1, 0.15) is 5.54 Å². The van der Waals surface area contributed by atoms with Crippen molar-refractivity contribution in [2.45, 2.75) is 69.5 Å². The van der Waals surface area contributed by atoms with Crippen molar-refractivity contribution >= 4 is 5.97 Å². The number of hydrogen-bond acceptors (Lipinski definition) is 4. The summed E-state index contributed by atoms with van der Waals surface area (Å²) in [5.74, 6) is 0.822. The lowest BCUT2D eigenvalue weighted by Gasteiger charge is -2.31. The zero-order chi connectivity index (χ0) is 14.2. The lowest BCUT2D eigenvalue weighted by Crippen LogP contribution is -2.53. The van der Waals surface area contributed by atoms with E-state index in [-0.39, 0.29) is 5.97 Å². The van der Waals surface area contributed by atoms with E-state index < -0.39 is 5.54 Å². The number of esters is 1. The number of methoxy groups -OCH3 is 1. The van der Waals surface area contributed by atoms with Crippen molar-refractivity contribution < 1.29 is 9.53 Å². The second-order valence-corrected chi connectivity index (χ2v) is 7.16. The topological polar surface area (TPSA) is 41.6 Å². The predicted molar refractivity (Wildman–Crippen MR) is 78.5 cm³/mol. The number of ether oxygens (including phenoxy) is 1. The highest BCUT2D eigenvalue weighted by atomic mass is 16.5. The summed E-state index contributed by atoms with van der Waals surface area (Å²) in [5, 5.41) is 3.50. The van der Waals surface area contributed by atoms with Crippen LogP contribution in [0.5, 0.6) is 0 Å². The van der Waals surface area contributed by atoms with Crippen LogP contribution >= 0.6 is 0 Å². The van der Waals surface area contributed by atoms with Crippen LogP contribution < -0.4 is 5.32 Å². The van der Waals surface area contributed by atoms with Gasteiger partial charge < -0.3 is 9.64 Å². The molecule has 0 spiro atoms. The van der Waals surface area contributed by atoms with Gasteiger partial charge >= 0.3 is 5.97 Å². The molecule has 3 saturated carbocycles. The third-order valence-corrected chi connectivity index (χ3v) is 4.89. The largest absolute Gasteiger partial charge is 0.468 e. The summed E-state index contributed by atoms with van der Waals surface area (Å²) in [4.78, 5) is 14.7. The molecule has 0 aromatic carbocycles. The Morgan fingerprint density at radius 3 is 2.45 bits per heavy atom. The SMILES string of the molecule is COC(=O)C(C)(CCN(CC1CC1)C1CC1)NC1CC1. The van der Waals surface area contributed by atoms with E-state index in [0.717, 1.165) is 24.9 Å². The molecule has 0 aromatic heterocycles. The summed E-state index contributed by atoms with van der Waals surface area (Å²) in [6, 6.07) is 1.32. The van der Waals surface area contributed by atoms with Crippen molar-refractivity contribution in [3.63, 3.8) is 0 Å². The van der Waals surface area contributed by atoms with Gasteiger partial charge in [-0.3, -0.25) is 10.1 Å². The van der Waals surface area contributed by atoms with Gasteiger partial charge in [-0.15, -0.1) is 0 Å². The molecule has 3 rings (SSSR count). The Hall–Kier alpha value is -0.610. The maximum absolute atomic E-state index is 12.1. The second kappa shape index (κ2) is 5.64. The fraction of sp³-hybridized carbons (Fsp3) is 0.938. The molecule has 1 atom stereocenters. The average molecular weight is 280 g/mol. The number of carbonyl (C=O) groups is 1. The molecule has 0 saturated heterocycles. The minimum atomic E-state index is -0.507. The van der Waals surface area contributed by atoms with Crippen LogP contribution in [0.25, 0.3) is 0 Å². The van der Waals surface area contributed by atoms with Crippen molar-refractivity contribution in [2.24, 2.45) is 5.92 Å². The van der Waals surface area contributed by atoms with Gasteiger partial charge in [-0.25, -0.2) is 0 Å². The van der Waals surface area contributed by atoms with Gasteiger partial charge in [0.05, 0.1) is 7.11 Å². The number of nitrogens with zero attached hydrogens (tertiary/aromatic N) is 1. The van der Waals surface area contributed by atoms with Gasteiger partial charge in [0.2, 0.25) is 0 Å². The zero-order valence-corrected chi connectivity index (χ0v) is 12.9. The summed E-state index contributed by atoms with van der Waals surface area (Å²) < 4.78 is 5.03. The Bertz CT molecular complexity index is 361. The molecule has 0 radical (unpaired) electrons. The monoisotopic (exact) mass is 280 g/mol. The molecule has 20 heavy (non-hydrogen) atoms. The van der Waals surface area contributed by atoms with E-state index in [9.17, 15) is 4.79 Å². The Kier molecular flexibility index (Phi) is 4.04. The Labute approximate surface area is 122 Å².